The van der Waals surface area contributed by atoms with Crippen molar-refractivity contribution in [2.75, 3.05) is 5.32 Å². The van der Waals surface area contributed by atoms with Crippen molar-refractivity contribution in [1.29, 1.82) is 0 Å². The van der Waals surface area contributed by atoms with Gasteiger partial charge in [0.05, 0.1) is 6.04 Å². The Bertz CT molecular complexity index is 612. The van der Waals surface area contributed by atoms with Gasteiger partial charge in [-0.1, -0.05) is 29.8 Å². The molecule has 0 saturated heterocycles. The summed E-state index contributed by atoms with van der Waals surface area (Å²) in [5.74, 6) is 0.442. The summed E-state index contributed by atoms with van der Waals surface area (Å²) < 4.78 is 5.69. The Morgan fingerprint density at radius 1 is 1.29 bits per heavy atom. The lowest BCUT2D eigenvalue weighted by atomic mass is 10.2. The van der Waals surface area contributed by atoms with Crippen molar-refractivity contribution in [1.82, 2.24) is 0 Å². The van der Waals surface area contributed by atoms with Crippen LogP contribution >= 0.6 is 11.6 Å². The van der Waals surface area contributed by atoms with Gasteiger partial charge in [-0.15, -0.1) is 0 Å². The van der Waals surface area contributed by atoms with Crippen molar-refractivity contribution in [3.8, 4) is 5.75 Å². The molecule has 0 aliphatic heterocycles. The van der Waals surface area contributed by atoms with Crippen LogP contribution in [-0.4, -0.2) is 11.9 Å². The van der Waals surface area contributed by atoms with E-state index in [4.69, 9.17) is 22.1 Å². The number of nitrogens with two attached hydrogens (primary N) is 1. The van der Waals surface area contributed by atoms with Crippen molar-refractivity contribution in [3.63, 3.8) is 0 Å². The molecule has 0 fully saturated rings. The smallest absolute Gasteiger partial charge is 0.241 e. The molecular formula is C16H17ClN2O2. The van der Waals surface area contributed by atoms with Crippen LogP contribution < -0.4 is 15.8 Å². The zero-order chi connectivity index (χ0) is 15.2. The number of benzene rings is 2. The summed E-state index contributed by atoms with van der Waals surface area (Å²) in [5.41, 5.74) is 7.19. The Morgan fingerprint density at radius 2 is 2.00 bits per heavy atom. The van der Waals surface area contributed by atoms with E-state index in [1.807, 2.05) is 36.4 Å². The molecule has 2 rings (SSSR count). The van der Waals surface area contributed by atoms with Gasteiger partial charge in [0.25, 0.3) is 0 Å². The third-order valence-corrected chi connectivity index (χ3v) is 3.09. The number of hydrogen-bond acceptors (Lipinski definition) is 3. The summed E-state index contributed by atoms with van der Waals surface area (Å²) >= 11 is 5.83. The number of amides is 1. The van der Waals surface area contributed by atoms with Gasteiger partial charge in [-0.3, -0.25) is 4.79 Å². The highest BCUT2D eigenvalue weighted by molar-refractivity contribution is 6.30. The van der Waals surface area contributed by atoms with Crippen molar-refractivity contribution >= 4 is 23.2 Å². The predicted molar refractivity (Wildman–Crippen MR) is 84.5 cm³/mol. The van der Waals surface area contributed by atoms with E-state index in [1.54, 1.807) is 19.1 Å². The molecule has 0 heterocycles. The van der Waals surface area contributed by atoms with Gasteiger partial charge in [0.15, 0.2) is 0 Å². The van der Waals surface area contributed by atoms with Gasteiger partial charge in [0.1, 0.15) is 12.4 Å². The lowest BCUT2D eigenvalue weighted by molar-refractivity contribution is -0.117. The minimum Gasteiger partial charge on any atom is -0.489 e. The topological polar surface area (TPSA) is 64.4 Å². The number of carbonyl (C=O) groups is 1. The van der Waals surface area contributed by atoms with Crippen LogP contribution in [0.2, 0.25) is 5.02 Å². The van der Waals surface area contributed by atoms with Gasteiger partial charge in [0, 0.05) is 16.8 Å². The fraction of sp³-hybridized carbons (Fsp3) is 0.188. The molecule has 0 aromatic heterocycles. The summed E-state index contributed by atoms with van der Waals surface area (Å²) in [6.07, 6.45) is 0. The molecule has 0 bridgehead atoms. The molecule has 5 heteroatoms. The van der Waals surface area contributed by atoms with E-state index >= 15 is 0 Å². The third-order valence-electron chi connectivity index (χ3n) is 2.83. The molecule has 0 aliphatic carbocycles. The Kier molecular flexibility index (Phi) is 5.20. The molecule has 3 N–H and O–H groups in total. The molecule has 1 atom stereocenters. The molecule has 21 heavy (non-hydrogen) atoms. The summed E-state index contributed by atoms with van der Waals surface area (Å²) in [6.45, 7) is 2.07. The largest absolute Gasteiger partial charge is 0.489 e. The summed E-state index contributed by atoms with van der Waals surface area (Å²) in [4.78, 5) is 11.5. The van der Waals surface area contributed by atoms with Gasteiger partial charge in [-0.2, -0.15) is 0 Å². The van der Waals surface area contributed by atoms with Crippen molar-refractivity contribution in [2.24, 2.45) is 5.73 Å². The molecule has 0 spiro atoms. The zero-order valence-electron chi connectivity index (χ0n) is 11.7. The highest BCUT2D eigenvalue weighted by Crippen LogP contribution is 2.19. The van der Waals surface area contributed by atoms with Crippen LogP contribution in [0.5, 0.6) is 5.75 Å². The van der Waals surface area contributed by atoms with Gasteiger partial charge in [0.2, 0.25) is 5.91 Å². The second kappa shape index (κ2) is 7.11. The van der Waals surface area contributed by atoms with Gasteiger partial charge in [-0.25, -0.2) is 0 Å². The first kappa shape index (κ1) is 15.4. The number of halogens is 1. The number of nitrogens with one attached hydrogen (secondary N) is 1. The average molecular weight is 305 g/mol. The molecule has 4 nitrogen and oxygen atoms in total. The lowest BCUT2D eigenvalue weighted by Gasteiger charge is -2.10. The normalized spacial score (nSPS) is 11.8. The second-order valence-electron chi connectivity index (χ2n) is 4.72. The fourth-order valence-corrected chi connectivity index (χ4v) is 1.79. The number of ether oxygens (including phenoxy) is 1. The van der Waals surface area contributed by atoms with Gasteiger partial charge in [-0.05, 0) is 36.8 Å². The molecule has 2 aromatic rings. The molecular weight excluding hydrogens is 288 g/mol. The zero-order valence-corrected chi connectivity index (χ0v) is 12.4. The maximum absolute atomic E-state index is 11.5. The van der Waals surface area contributed by atoms with Crippen LogP contribution in [0.15, 0.2) is 48.5 Å². The van der Waals surface area contributed by atoms with Crippen molar-refractivity contribution in [2.45, 2.75) is 19.6 Å². The Labute approximate surface area is 128 Å². The quantitative estimate of drug-likeness (QED) is 0.891. The molecule has 1 amide bonds. The molecule has 0 saturated carbocycles. The van der Waals surface area contributed by atoms with Crippen LogP contribution in [0.25, 0.3) is 0 Å². The summed E-state index contributed by atoms with van der Waals surface area (Å²) in [7, 11) is 0. The maximum Gasteiger partial charge on any atom is 0.241 e. The van der Waals surface area contributed by atoms with E-state index in [0.29, 0.717) is 23.1 Å². The highest BCUT2D eigenvalue weighted by Gasteiger charge is 2.07. The first-order valence-corrected chi connectivity index (χ1v) is 6.96. The fourth-order valence-electron chi connectivity index (χ4n) is 1.67. The summed E-state index contributed by atoms with van der Waals surface area (Å²) in [5, 5.41) is 3.42. The van der Waals surface area contributed by atoms with Crippen LogP contribution in [0.3, 0.4) is 0 Å². The number of anilines is 1. The van der Waals surface area contributed by atoms with Gasteiger partial charge >= 0.3 is 0 Å². The molecule has 110 valence electrons. The lowest BCUT2D eigenvalue weighted by Crippen LogP contribution is -2.32. The number of rotatable bonds is 5. The summed E-state index contributed by atoms with van der Waals surface area (Å²) in [6, 6.07) is 14.1. The molecule has 0 radical (unpaired) electrons. The first-order valence-electron chi connectivity index (χ1n) is 6.58. The number of carbonyl (C=O) groups excluding carboxylic acids is 1. The van der Waals surface area contributed by atoms with Crippen LogP contribution in [-0.2, 0) is 11.4 Å². The monoisotopic (exact) mass is 304 g/mol. The maximum atomic E-state index is 11.5. The average Bonchev–Trinajstić information content (AvgIpc) is 2.47. The van der Waals surface area contributed by atoms with E-state index in [0.717, 1.165) is 5.56 Å². The van der Waals surface area contributed by atoms with E-state index in [-0.39, 0.29) is 5.91 Å². The van der Waals surface area contributed by atoms with Gasteiger partial charge < -0.3 is 15.8 Å². The molecule has 0 aliphatic rings. The van der Waals surface area contributed by atoms with Crippen LogP contribution in [0.4, 0.5) is 5.69 Å². The highest BCUT2D eigenvalue weighted by atomic mass is 35.5. The van der Waals surface area contributed by atoms with E-state index in [1.165, 1.54) is 0 Å². The SMILES string of the molecule is C[C@@H](N)C(=O)Nc1cccc(OCc2ccc(Cl)cc2)c1. The predicted octanol–water partition coefficient (Wildman–Crippen LogP) is 3.20. The van der Waals surface area contributed by atoms with Crippen molar-refractivity contribution in [3.05, 3.63) is 59.1 Å². The second-order valence-corrected chi connectivity index (χ2v) is 5.16. The molecule has 2 aromatic carbocycles. The molecule has 0 unspecified atom stereocenters. The third kappa shape index (κ3) is 4.77. The first-order chi connectivity index (χ1) is 10.0. The van der Waals surface area contributed by atoms with Crippen LogP contribution in [0.1, 0.15) is 12.5 Å². The Balaban J connectivity index is 1.97. The Hall–Kier alpha value is -2.04. The van der Waals surface area contributed by atoms with E-state index in [2.05, 4.69) is 5.32 Å². The minimum absolute atomic E-state index is 0.232. The Morgan fingerprint density at radius 3 is 2.67 bits per heavy atom. The van der Waals surface area contributed by atoms with Crippen LogP contribution in [0, 0.1) is 0 Å². The van der Waals surface area contributed by atoms with Crippen molar-refractivity contribution < 1.29 is 9.53 Å². The minimum atomic E-state index is -0.552. The number of hydrogen-bond donors (Lipinski definition) is 2. The standard InChI is InChI=1S/C16H17ClN2O2/c1-11(18)16(20)19-14-3-2-4-15(9-14)21-10-12-5-7-13(17)8-6-12/h2-9,11H,10,18H2,1H3,(H,19,20)/t11-/m1/s1. The van der Waals surface area contributed by atoms with E-state index < -0.39 is 6.04 Å². The van der Waals surface area contributed by atoms with E-state index in [9.17, 15) is 4.79 Å².